The lowest BCUT2D eigenvalue weighted by molar-refractivity contribution is 0.353. The molecule has 1 heterocycles. The van der Waals surface area contributed by atoms with E-state index in [9.17, 15) is 5.11 Å². The van der Waals surface area contributed by atoms with Crippen molar-refractivity contribution in [3.05, 3.63) is 51.5 Å². The maximum atomic E-state index is 9.68. The highest BCUT2D eigenvalue weighted by Crippen LogP contribution is 2.40. The molecule has 1 atom stereocenters. The number of phenols is 1. The molecule has 5 heteroatoms. The van der Waals surface area contributed by atoms with E-state index in [1.165, 1.54) is 11.1 Å². The molecule has 2 aromatic rings. The van der Waals surface area contributed by atoms with E-state index in [4.69, 9.17) is 9.47 Å². The van der Waals surface area contributed by atoms with E-state index in [1.54, 1.807) is 20.3 Å². The molecule has 22 heavy (non-hydrogen) atoms. The number of phenolic OH excluding ortho intramolecular Hbond substituents is 1. The molecule has 0 spiro atoms. The molecule has 4 nitrogen and oxygen atoms in total. The van der Waals surface area contributed by atoms with Crippen LogP contribution in [0.2, 0.25) is 0 Å². The number of hydrogen-bond donors (Lipinski definition) is 2. The van der Waals surface area contributed by atoms with Gasteiger partial charge in [-0.25, -0.2) is 0 Å². The van der Waals surface area contributed by atoms with Gasteiger partial charge in [0.05, 0.1) is 20.3 Å². The predicted molar refractivity (Wildman–Crippen MR) is 88.9 cm³/mol. The fourth-order valence-electron chi connectivity index (χ4n) is 2.92. The predicted octanol–water partition coefficient (Wildman–Crippen LogP) is 3.41. The lowest BCUT2D eigenvalue weighted by Gasteiger charge is -2.28. The van der Waals surface area contributed by atoms with Gasteiger partial charge in [0.15, 0.2) is 11.5 Å². The average Bonchev–Trinajstić information content (AvgIpc) is 2.53. The van der Waals surface area contributed by atoms with E-state index in [-0.39, 0.29) is 6.04 Å². The third-order valence-electron chi connectivity index (χ3n) is 3.99. The van der Waals surface area contributed by atoms with Crippen LogP contribution in [-0.4, -0.2) is 25.9 Å². The lowest BCUT2D eigenvalue weighted by Crippen LogP contribution is -2.30. The molecular weight excluding hydrogens is 346 g/mol. The van der Waals surface area contributed by atoms with Gasteiger partial charge in [0, 0.05) is 11.0 Å². The summed E-state index contributed by atoms with van der Waals surface area (Å²) in [6.45, 7) is 0.863. The second-order valence-corrected chi connectivity index (χ2v) is 6.10. The Morgan fingerprint density at radius 3 is 2.55 bits per heavy atom. The standard InChI is InChI=1S/C17H18BrNO3/c1-21-15-8-13(14(18)9-16(15)22-2)17-12-4-3-11(20)7-10(12)5-6-19-17/h3-4,7-9,17,19-20H,5-6H2,1-2H3. The second kappa shape index (κ2) is 6.18. The number of ether oxygens (including phenoxy) is 2. The van der Waals surface area contributed by atoms with Gasteiger partial charge in [-0.1, -0.05) is 22.0 Å². The maximum Gasteiger partial charge on any atom is 0.161 e. The normalized spacial score (nSPS) is 17.0. The largest absolute Gasteiger partial charge is 0.508 e. The van der Waals surface area contributed by atoms with E-state index in [2.05, 4.69) is 21.2 Å². The quantitative estimate of drug-likeness (QED) is 0.877. The first-order valence-corrected chi connectivity index (χ1v) is 7.90. The van der Waals surface area contributed by atoms with Gasteiger partial charge in [-0.05, 0) is 47.4 Å². The Bertz CT molecular complexity index is 703. The van der Waals surface area contributed by atoms with E-state index in [1.807, 2.05) is 24.3 Å². The summed E-state index contributed by atoms with van der Waals surface area (Å²) >= 11 is 3.63. The van der Waals surface area contributed by atoms with Crippen molar-refractivity contribution in [1.29, 1.82) is 0 Å². The van der Waals surface area contributed by atoms with Crippen LogP contribution in [0, 0.1) is 0 Å². The monoisotopic (exact) mass is 363 g/mol. The molecule has 0 aliphatic carbocycles. The van der Waals surface area contributed by atoms with Gasteiger partial charge < -0.3 is 19.9 Å². The first kappa shape index (κ1) is 15.2. The minimum Gasteiger partial charge on any atom is -0.508 e. The van der Waals surface area contributed by atoms with Crippen LogP contribution in [0.3, 0.4) is 0 Å². The molecule has 0 aromatic heterocycles. The van der Waals surface area contributed by atoms with Gasteiger partial charge in [0.2, 0.25) is 0 Å². The highest BCUT2D eigenvalue weighted by Gasteiger charge is 2.24. The first-order valence-electron chi connectivity index (χ1n) is 7.10. The summed E-state index contributed by atoms with van der Waals surface area (Å²) in [6.07, 6.45) is 0.908. The van der Waals surface area contributed by atoms with E-state index in [0.717, 1.165) is 23.0 Å². The number of nitrogens with one attached hydrogen (secondary N) is 1. The maximum absolute atomic E-state index is 9.68. The van der Waals surface area contributed by atoms with Crippen LogP contribution in [0.15, 0.2) is 34.8 Å². The molecule has 1 unspecified atom stereocenters. The summed E-state index contributed by atoms with van der Waals surface area (Å²) in [6, 6.07) is 9.52. The number of methoxy groups -OCH3 is 2. The zero-order chi connectivity index (χ0) is 15.7. The summed E-state index contributed by atoms with van der Waals surface area (Å²) in [5, 5.41) is 13.2. The van der Waals surface area contributed by atoms with Crippen molar-refractivity contribution in [3.63, 3.8) is 0 Å². The summed E-state index contributed by atoms with van der Waals surface area (Å²) in [5.74, 6) is 1.71. The number of benzene rings is 2. The van der Waals surface area contributed by atoms with Gasteiger partial charge in [0.25, 0.3) is 0 Å². The van der Waals surface area contributed by atoms with Crippen molar-refractivity contribution >= 4 is 15.9 Å². The molecule has 0 saturated carbocycles. The SMILES string of the molecule is COc1cc(Br)c(C2NCCc3cc(O)ccc32)cc1OC. The zero-order valence-electron chi connectivity index (χ0n) is 12.5. The van der Waals surface area contributed by atoms with Gasteiger partial charge in [-0.15, -0.1) is 0 Å². The molecule has 1 aliphatic heterocycles. The van der Waals surface area contributed by atoms with Gasteiger partial charge in [0.1, 0.15) is 5.75 Å². The molecule has 0 fully saturated rings. The van der Waals surface area contributed by atoms with Crippen molar-refractivity contribution < 1.29 is 14.6 Å². The van der Waals surface area contributed by atoms with Crippen LogP contribution in [0.5, 0.6) is 17.2 Å². The smallest absolute Gasteiger partial charge is 0.161 e. The molecule has 2 aromatic carbocycles. The summed E-state index contributed by atoms with van der Waals surface area (Å²) in [7, 11) is 3.26. The average molecular weight is 364 g/mol. The molecule has 0 radical (unpaired) electrons. The van der Waals surface area contributed by atoms with Crippen molar-refractivity contribution in [2.75, 3.05) is 20.8 Å². The molecule has 2 N–H and O–H groups in total. The van der Waals surface area contributed by atoms with Crippen LogP contribution in [0.1, 0.15) is 22.7 Å². The third kappa shape index (κ3) is 2.66. The number of hydrogen-bond acceptors (Lipinski definition) is 4. The fourth-order valence-corrected chi connectivity index (χ4v) is 3.47. The van der Waals surface area contributed by atoms with Gasteiger partial charge in [-0.2, -0.15) is 0 Å². The Labute approximate surface area is 138 Å². The van der Waals surface area contributed by atoms with E-state index in [0.29, 0.717) is 17.2 Å². The first-order chi connectivity index (χ1) is 10.6. The van der Waals surface area contributed by atoms with E-state index >= 15 is 0 Å². The van der Waals surface area contributed by atoms with Crippen LogP contribution >= 0.6 is 15.9 Å². The highest BCUT2D eigenvalue weighted by atomic mass is 79.9. The Kier molecular flexibility index (Phi) is 4.27. The topological polar surface area (TPSA) is 50.7 Å². The van der Waals surface area contributed by atoms with Crippen LogP contribution in [0.4, 0.5) is 0 Å². The van der Waals surface area contributed by atoms with E-state index < -0.39 is 0 Å². The van der Waals surface area contributed by atoms with Gasteiger partial charge in [-0.3, -0.25) is 0 Å². The second-order valence-electron chi connectivity index (χ2n) is 5.25. The number of halogens is 1. The summed E-state index contributed by atoms with van der Waals surface area (Å²) < 4.78 is 11.7. The Balaban J connectivity index is 2.09. The molecular formula is C17H18BrNO3. The number of rotatable bonds is 3. The Hall–Kier alpha value is -1.72. The highest BCUT2D eigenvalue weighted by molar-refractivity contribution is 9.10. The minimum absolute atomic E-state index is 0.0542. The molecule has 1 aliphatic rings. The summed E-state index contributed by atoms with van der Waals surface area (Å²) in [4.78, 5) is 0. The van der Waals surface area contributed by atoms with Crippen molar-refractivity contribution in [3.8, 4) is 17.2 Å². The fraction of sp³-hybridized carbons (Fsp3) is 0.294. The number of fused-ring (bicyclic) bond motifs is 1. The Morgan fingerprint density at radius 2 is 1.82 bits per heavy atom. The van der Waals surface area contributed by atoms with Gasteiger partial charge >= 0.3 is 0 Å². The summed E-state index contributed by atoms with van der Waals surface area (Å²) in [5.41, 5.74) is 3.44. The molecule has 0 amide bonds. The molecule has 0 saturated heterocycles. The lowest BCUT2D eigenvalue weighted by atomic mass is 9.89. The molecule has 3 rings (SSSR count). The number of aromatic hydroxyl groups is 1. The Morgan fingerprint density at radius 1 is 1.09 bits per heavy atom. The van der Waals surface area contributed by atoms with Crippen LogP contribution in [-0.2, 0) is 6.42 Å². The minimum atomic E-state index is 0.0542. The van der Waals surface area contributed by atoms with Crippen molar-refractivity contribution in [2.45, 2.75) is 12.5 Å². The third-order valence-corrected chi connectivity index (χ3v) is 4.68. The zero-order valence-corrected chi connectivity index (χ0v) is 14.1. The van der Waals surface area contributed by atoms with Crippen LogP contribution in [0.25, 0.3) is 0 Å². The molecule has 0 bridgehead atoms. The van der Waals surface area contributed by atoms with Crippen molar-refractivity contribution in [2.24, 2.45) is 0 Å². The molecule has 116 valence electrons. The van der Waals surface area contributed by atoms with Crippen molar-refractivity contribution in [1.82, 2.24) is 5.32 Å². The van der Waals surface area contributed by atoms with Crippen LogP contribution < -0.4 is 14.8 Å².